The monoisotopic (exact) mass is 378 g/mol. The highest BCUT2D eigenvalue weighted by atomic mass is 32.2. The first-order valence-corrected chi connectivity index (χ1v) is 11.4. The molecule has 142 valence electrons. The molecule has 1 amide bonds. The highest BCUT2D eigenvalue weighted by Gasteiger charge is 2.34. The summed E-state index contributed by atoms with van der Waals surface area (Å²) in [6.07, 6.45) is 8.36. The number of sulfone groups is 1. The van der Waals surface area contributed by atoms with Crippen molar-refractivity contribution in [2.75, 3.05) is 29.5 Å². The van der Waals surface area contributed by atoms with E-state index in [1.807, 2.05) is 0 Å². The molecule has 1 aromatic rings. The van der Waals surface area contributed by atoms with Gasteiger partial charge in [-0.15, -0.1) is 0 Å². The van der Waals surface area contributed by atoms with Gasteiger partial charge in [0.25, 0.3) is 0 Å². The van der Waals surface area contributed by atoms with Gasteiger partial charge in [-0.2, -0.15) is 0 Å². The number of hydrogen-bond acceptors (Lipinski definition) is 6. The molecule has 0 aromatic carbocycles. The molecule has 1 aromatic heterocycles. The number of anilines is 1. The van der Waals surface area contributed by atoms with Crippen LogP contribution in [0.4, 0.5) is 5.82 Å². The van der Waals surface area contributed by atoms with Crippen molar-refractivity contribution in [3.05, 3.63) is 17.6 Å². The van der Waals surface area contributed by atoms with Gasteiger partial charge in [-0.3, -0.25) is 4.79 Å². The highest BCUT2D eigenvalue weighted by Crippen LogP contribution is 2.29. The van der Waals surface area contributed by atoms with Crippen LogP contribution in [0.15, 0.2) is 6.33 Å². The Bertz CT molecular complexity index is 788. The molecule has 0 radical (unpaired) electrons. The van der Waals surface area contributed by atoms with Gasteiger partial charge in [-0.05, 0) is 44.9 Å². The van der Waals surface area contributed by atoms with Crippen molar-refractivity contribution in [1.29, 1.82) is 0 Å². The van der Waals surface area contributed by atoms with Crippen molar-refractivity contribution >= 4 is 21.6 Å². The lowest BCUT2D eigenvalue weighted by atomic mass is 9.95. The Morgan fingerprint density at radius 3 is 2.62 bits per heavy atom. The van der Waals surface area contributed by atoms with Crippen molar-refractivity contribution in [2.45, 2.75) is 51.0 Å². The number of carbonyl (C=O) groups excluding carboxylic acids is 1. The molecule has 1 atom stereocenters. The van der Waals surface area contributed by atoms with E-state index in [1.54, 1.807) is 6.33 Å². The first-order chi connectivity index (χ1) is 12.5. The topological polar surface area (TPSA) is 92.3 Å². The molecule has 4 rings (SSSR count). The van der Waals surface area contributed by atoms with Gasteiger partial charge >= 0.3 is 0 Å². The highest BCUT2D eigenvalue weighted by molar-refractivity contribution is 7.91. The number of aromatic nitrogens is 2. The van der Waals surface area contributed by atoms with Gasteiger partial charge in [-0.25, -0.2) is 18.4 Å². The van der Waals surface area contributed by atoms with Crippen molar-refractivity contribution in [2.24, 2.45) is 5.92 Å². The Hall–Kier alpha value is -1.70. The van der Waals surface area contributed by atoms with E-state index >= 15 is 0 Å². The van der Waals surface area contributed by atoms with Crippen LogP contribution < -0.4 is 10.2 Å². The second-order valence-electron chi connectivity index (χ2n) is 7.70. The summed E-state index contributed by atoms with van der Waals surface area (Å²) in [5, 5.41) is 3.07. The molecule has 2 aliphatic heterocycles. The quantitative estimate of drug-likeness (QED) is 0.839. The molecule has 1 aliphatic carbocycles. The molecule has 0 spiro atoms. The number of aryl methyl sites for hydroxylation is 1. The summed E-state index contributed by atoms with van der Waals surface area (Å²) < 4.78 is 23.1. The summed E-state index contributed by atoms with van der Waals surface area (Å²) in [6, 6.07) is 0.125. The molecule has 26 heavy (non-hydrogen) atoms. The number of fused-ring (bicyclic) bond motifs is 1. The van der Waals surface area contributed by atoms with Gasteiger partial charge in [0.05, 0.1) is 17.4 Å². The van der Waals surface area contributed by atoms with Crippen molar-refractivity contribution in [3.63, 3.8) is 0 Å². The van der Waals surface area contributed by atoms with Gasteiger partial charge in [0.15, 0.2) is 9.84 Å². The fourth-order valence-electron chi connectivity index (χ4n) is 4.33. The van der Waals surface area contributed by atoms with Crippen molar-refractivity contribution < 1.29 is 13.2 Å². The fraction of sp³-hybridized carbons (Fsp3) is 0.722. The van der Waals surface area contributed by atoms with E-state index in [-0.39, 0.29) is 29.4 Å². The molecule has 0 unspecified atom stereocenters. The zero-order valence-electron chi connectivity index (χ0n) is 15.0. The van der Waals surface area contributed by atoms with Gasteiger partial charge in [-0.1, -0.05) is 0 Å². The van der Waals surface area contributed by atoms with E-state index in [0.29, 0.717) is 6.42 Å². The molecule has 0 saturated carbocycles. The van der Waals surface area contributed by atoms with Crippen LogP contribution in [0.25, 0.3) is 0 Å². The number of amides is 1. The van der Waals surface area contributed by atoms with Crippen LogP contribution in [0.5, 0.6) is 0 Å². The molecule has 3 aliphatic rings. The third-order valence-electron chi connectivity index (χ3n) is 5.85. The molecule has 0 bridgehead atoms. The largest absolute Gasteiger partial charge is 0.356 e. The standard InChI is InChI=1S/C18H26N4O3S/c23-18(13-7-10-26(24,25)11-13)21-14-5-8-22(9-6-14)17-15-3-1-2-4-16(15)19-12-20-17/h12-14H,1-11H2,(H,21,23)/t13-/m1/s1. The second kappa shape index (κ2) is 7.13. The number of rotatable bonds is 3. The summed E-state index contributed by atoms with van der Waals surface area (Å²) in [5.41, 5.74) is 2.50. The lowest BCUT2D eigenvalue weighted by Gasteiger charge is -2.35. The SMILES string of the molecule is O=C(NC1CCN(c2ncnc3c2CCCC3)CC1)[C@@H]1CCS(=O)(=O)C1. The molecule has 2 saturated heterocycles. The summed E-state index contributed by atoms with van der Waals surface area (Å²) in [6.45, 7) is 1.72. The average molecular weight is 378 g/mol. The number of piperidine rings is 1. The van der Waals surface area contributed by atoms with E-state index < -0.39 is 9.84 Å². The third-order valence-corrected chi connectivity index (χ3v) is 7.61. The fourth-order valence-corrected chi connectivity index (χ4v) is 6.07. The molecule has 2 fully saturated rings. The van der Waals surface area contributed by atoms with E-state index in [4.69, 9.17) is 0 Å². The molecular weight excluding hydrogens is 352 g/mol. The predicted octanol–water partition coefficient (Wildman–Crippen LogP) is 0.875. The minimum Gasteiger partial charge on any atom is -0.356 e. The first kappa shape index (κ1) is 17.7. The average Bonchev–Trinajstić information content (AvgIpc) is 3.02. The maximum Gasteiger partial charge on any atom is 0.224 e. The molecule has 1 N–H and O–H groups in total. The Kier molecular flexibility index (Phi) is 4.86. The minimum atomic E-state index is -3.02. The molecule has 7 nitrogen and oxygen atoms in total. The minimum absolute atomic E-state index is 0.00471. The lowest BCUT2D eigenvalue weighted by Crippen LogP contribution is -2.47. The van der Waals surface area contributed by atoms with Gasteiger partial charge < -0.3 is 10.2 Å². The van der Waals surface area contributed by atoms with Crippen LogP contribution in [0.3, 0.4) is 0 Å². The predicted molar refractivity (Wildman–Crippen MR) is 98.8 cm³/mol. The maximum absolute atomic E-state index is 12.3. The summed E-state index contributed by atoms with van der Waals surface area (Å²) in [7, 11) is -3.02. The summed E-state index contributed by atoms with van der Waals surface area (Å²) >= 11 is 0. The Morgan fingerprint density at radius 1 is 1.12 bits per heavy atom. The third kappa shape index (κ3) is 3.70. The number of nitrogens with zero attached hydrogens (tertiary/aromatic N) is 3. The molecule has 8 heteroatoms. The Labute approximate surface area is 154 Å². The lowest BCUT2D eigenvalue weighted by molar-refractivity contribution is -0.125. The molecule has 3 heterocycles. The van der Waals surface area contributed by atoms with E-state index in [0.717, 1.165) is 44.6 Å². The van der Waals surface area contributed by atoms with Crippen LogP contribution in [-0.4, -0.2) is 54.9 Å². The van der Waals surface area contributed by atoms with Gasteiger partial charge in [0.1, 0.15) is 12.1 Å². The number of hydrogen-bond donors (Lipinski definition) is 1. The van der Waals surface area contributed by atoms with Crippen LogP contribution in [0, 0.1) is 5.92 Å². The van der Waals surface area contributed by atoms with Crippen LogP contribution in [0.1, 0.15) is 43.4 Å². The van der Waals surface area contributed by atoms with E-state index in [9.17, 15) is 13.2 Å². The maximum atomic E-state index is 12.3. The van der Waals surface area contributed by atoms with Crippen molar-refractivity contribution in [1.82, 2.24) is 15.3 Å². The zero-order valence-corrected chi connectivity index (χ0v) is 15.8. The van der Waals surface area contributed by atoms with Gasteiger partial charge in [0, 0.05) is 30.4 Å². The molecular formula is C18H26N4O3S. The van der Waals surface area contributed by atoms with E-state index in [1.165, 1.54) is 24.1 Å². The number of nitrogens with one attached hydrogen (secondary N) is 1. The first-order valence-electron chi connectivity index (χ1n) is 9.60. The van der Waals surface area contributed by atoms with Crippen molar-refractivity contribution in [3.8, 4) is 0 Å². The second-order valence-corrected chi connectivity index (χ2v) is 9.93. The smallest absolute Gasteiger partial charge is 0.224 e. The van der Waals surface area contributed by atoms with Gasteiger partial charge in [0.2, 0.25) is 5.91 Å². The van der Waals surface area contributed by atoms with Crippen LogP contribution in [-0.2, 0) is 27.5 Å². The van der Waals surface area contributed by atoms with Crippen LogP contribution >= 0.6 is 0 Å². The zero-order chi connectivity index (χ0) is 18.1. The summed E-state index contributed by atoms with van der Waals surface area (Å²) in [4.78, 5) is 23.6. The summed E-state index contributed by atoms with van der Waals surface area (Å²) in [5.74, 6) is 0.754. The Morgan fingerprint density at radius 2 is 1.88 bits per heavy atom. The Balaban J connectivity index is 1.34. The van der Waals surface area contributed by atoms with E-state index in [2.05, 4.69) is 20.2 Å². The van der Waals surface area contributed by atoms with Crippen LogP contribution in [0.2, 0.25) is 0 Å². The number of carbonyl (C=O) groups is 1. The normalized spacial score (nSPS) is 25.7.